The Morgan fingerprint density at radius 2 is 1.02 bits per heavy atom. The fourth-order valence-electron chi connectivity index (χ4n) is 6.62. The zero-order valence-corrected chi connectivity index (χ0v) is 24.3. The van der Waals surface area contributed by atoms with Crippen LogP contribution in [-0.2, 0) is 5.41 Å². The van der Waals surface area contributed by atoms with Gasteiger partial charge in [-0.15, -0.1) is 0 Å². The molecule has 6 aromatic carbocycles. The molecule has 0 amide bonds. The molecular weight excluding hydrogens is 520 g/mol. The molecule has 0 radical (unpaired) electrons. The van der Waals surface area contributed by atoms with Crippen molar-refractivity contribution in [3.8, 4) is 56.2 Å². The standard InChI is InChI=1S/C41H30N2/c1-41(2)35-22-12-21-33(39(35)34-24-30-17-9-10-18-31(30)25-36(34)41)38-26-37(42-40(43-38)28-15-7-4-8-16-28)32-20-11-19-29(23-32)27-13-5-3-6-14-27/h3-26H,1-2H3. The van der Waals surface area contributed by atoms with Crippen LogP contribution in [0, 0.1) is 0 Å². The second-order valence-corrected chi connectivity index (χ2v) is 11.9. The first kappa shape index (κ1) is 25.4. The number of hydrogen-bond acceptors (Lipinski definition) is 2. The minimum atomic E-state index is -0.118. The fraction of sp³-hybridized carbons (Fsp3) is 0.0732. The zero-order chi connectivity index (χ0) is 29.0. The van der Waals surface area contributed by atoms with E-state index in [1.54, 1.807) is 0 Å². The van der Waals surface area contributed by atoms with E-state index in [-0.39, 0.29) is 5.41 Å². The van der Waals surface area contributed by atoms with Gasteiger partial charge < -0.3 is 0 Å². The number of nitrogens with zero attached hydrogens (tertiary/aromatic N) is 2. The monoisotopic (exact) mass is 550 g/mol. The summed E-state index contributed by atoms with van der Waals surface area (Å²) in [7, 11) is 0. The van der Waals surface area contributed by atoms with Crippen LogP contribution in [0.1, 0.15) is 25.0 Å². The highest BCUT2D eigenvalue weighted by atomic mass is 14.9. The molecule has 7 aromatic rings. The van der Waals surface area contributed by atoms with Gasteiger partial charge in [-0.2, -0.15) is 0 Å². The van der Waals surface area contributed by atoms with Crippen LogP contribution in [0.3, 0.4) is 0 Å². The first-order valence-electron chi connectivity index (χ1n) is 14.8. The third-order valence-corrected chi connectivity index (χ3v) is 8.87. The summed E-state index contributed by atoms with van der Waals surface area (Å²) in [4.78, 5) is 10.4. The van der Waals surface area contributed by atoms with E-state index in [2.05, 4.69) is 141 Å². The van der Waals surface area contributed by atoms with Crippen LogP contribution in [0.15, 0.2) is 146 Å². The Kier molecular flexibility index (Phi) is 5.84. The second kappa shape index (κ2) is 9.89. The Balaban J connectivity index is 1.36. The minimum Gasteiger partial charge on any atom is -0.228 e. The SMILES string of the molecule is CC1(C)c2cc3ccccc3cc2-c2c(-c3cc(-c4cccc(-c5ccccc5)c4)nc(-c4ccccc4)n3)cccc21. The van der Waals surface area contributed by atoms with Crippen molar-refractivity contribution in [2.75, 3.05) is 0 Å². The summed E-state index contributed by atoms with van der Waals surface area (Å²) in [6.07, 6.45) is 0. The van der Waals surface area contributed by atoms with Crippen molar-refractivity contribution in [3.63, 3.8) is 0 Å². The minimum absolute atomic E-state index is 0.118. The van der Waals surface area contributed by atoms with Gasteiger partial charge in [-0.3, -0.25) is 0 Å². The van der Waals surface area contributed by atoms with Crippen LogP contribution in [-0.4, -0.2) is 9.97 Å². The van der Waals surface area contributed by atoms with Crippen molar-refractivity contribution in [3.05, 3.63) is 157 Å². The van der Waals surface area contributed by atoms with Crippen LogP contribution in [0.4, 0.5) is 0 Å². The summed E-state index contributed by atoms with van der Waals surface area (Å²) in [5.74, 6) is 0.729. The third kappa shape index (κ3) is 4.26. The van der Waals surface area contributed by atoms with Gasteiger partial charge in [0, 0.05) is 22.1 Å². The smallest absolute Gasteiger partial charge is 0.160 e. The quantitative estimate of drug-likeness (QED) is 0.218. The summed E-state index contributed by atoms with van der Waals surface area (Å²) in [6, 6.07) is 51.7. The maximum atomic E-state index is 5.23. The van der Waals surface area contributed by atoms with Crippen molar-refractivity contribution in [2.45, 2.75) is 19.3 Å². The number of benzene rings is 6. The summed E-state index contributed by atoms with van der Waals surface area (Å²) >= 11 is 0. The number of aromatic nitrogens is 2. The average molecular weight is 551 g/mol. The van der Waals surface area contributed by atoms with Gasteiger partial charge >= 0.3 is 0 Å². The maximum Gasteiger partial charge on any atom is 0.160 e. The molecule has 0 saturated heterocycles. The highest BCUT2D eigenvalue weighted by Gasteiger charge is 2.37. The van der Waals surface area contributed by atoms with Gasteiger partial charge in [-0.25, -0.2) is 9.97 Å². The second-order valence-electron chi connectivity index (χ2n) is 11.9. The maximum absolute atomic E-state index is 5.23. The Hall–Kier alpha value is -5.34. The Labute approximate surface area is 252 Å². The molecule has 1 aromatic heterocycles. The van der Waals surface area contributed by atoms with Crippen LogP contribution >= 0.6 is 0 Å². The molecule has 0 saturated carbocycles. The lowest BCUT2D eigenvalue weighted by Crippen LogP contribution is -2.14. The van der Waals surface area contributed by atoms with Gasteiger partial charge in [0.25, 0.3) is 0 Å². The largest absolute Gasteiger partial charge is 0.228 e. The number of rotatable bonds is 4. The van der Waals surface area contributed by atoms with Gasteiger partial charge in [0.1, 0.15) is 0 Å². The van der Waals surface area contributed by atoms with Gasteiger partial charge in [0.15, 0.2) is 5.82 Å². The molecule has 204 valence electrons. The Bertz CT molecular complexity index is 2140. The summed E-state index contributed by atoms with van der Waals surface area (Å²) in [5.41, 5.74) is 12.6. The van der Waals surface area contributed by atoms with Crippen LogP contribution < -0.4 is 0 Å². The van der Waals surface area contributed by atoms with Crippen molar-refractivity contribution >= 4 is 10.8 Å². The van der Waals surface area contributed by atoms with E-state index in [0.29, 0.717) is 0 Å². The predicted molar refractivity (Wildman–Crippen MR) is 179 cm³/mol. The van der Waals surface area contributed by atoms with Gasteiger partial charge in [-0.05, 0) is 68.4 Å². The number of hydrogen-bond donors (Lipinski definition) is 0. The Morgan fingerprint density at radius 3 is 1.79 bits per heavy atom. The molecule has 0 atom stereocenters. The zero-order valence-electron chi connectivity index (χ0n) is 24.3. The topological polar surface area (TPSA) is 25.8 Å². The lowest BCUT2D eigenvalue weighted by Gasteiger charge is -2.22. The van der Waals surface area contributed by atoms with Crippen molar-refractivity contribution in [1.29, 1.82) is 0 Å². The first-order valence-corrected chi connectivity index (χ1v) is 14.8. The molecule has 0 spiro atoms. The summed E-state index contributed by atoms with van der Waals surface area (Å²) in [6.45, 7) is 4.68. The van der Waals surface area contributed by atoms with Crippen LogP contribution in [0.2, 0.25) is 0 Å². The normalized spacial score (nSPS) is 13.1. The van der Waals surface area contributed by atoms with Crippen LogP contribution in [0.5, 0.6) is 0 Å². The highest BCUT2D eigenvalue weighted by molar-refractivity contribution is 5.98. The first-order chi connectivity index (χ1) is 21.1. The Morgan fingerprint density at radius 1 is 0.419 bits per heavy atom. The molecule has 1 heterocycles. The van der Waals surface area contributed by atoms with Gasteiger partial charge in [-0.1, -0.05) is 135 Å². The molecule has 0 N–H and O–H groups in total. The molecule has 43 heavy (non-hydrogen) atoms. The van der Waals surface area contributed by atoms with Crippen molar-refractivity contribution in [1.82, 2.24) is 9.97 Å². The predicted octanol–water partition coefficient (Wildman–Crippen LogP) is 10.6. The number of fused-ring (bicyclic) bond motifs is 4. The molecule has 2 nitrogen and oxygen atoms in total. The van der Waals surface area contributed by atoms with E-state index in [1.807, 2.05) is 18.2 Å². The molecule has 1 aliphatic rings. The van der Waals surface area contributed by atoms with E-state index in [0.717, 1.165) is 33.9 Å². The van der Waals surface area contributed by atoms with Crippen molar-refractivity contribution < 1.29 is 0 Å². The molecule has 0 unspecified atom stereocenters. The highest BCUT2D eigenvalue weighted by Crippen LogP contribution is 2.53. The lowest BCUT2D eigenvalue weighted by molar-refractivity contribution is 0.661. The molecular formula is C41H30N2. The summed E-state index contributed by atoms with van der Waals surface area (Å²) in [5, 5.41) is 2.53. The van der Waals surface area contributed by atoms with E-state index in [4.69, 9.17) is 9.97 Å². The molecule has 2 heteroatoms. The summed E-state index contributed by atoms with van der Waals surface area (Å²) < 4.78 is 0. The third-order valence-electron chi connectivity index (χ3n) is 8.87. The van der Waals surface area contributed by atoms with E-state index < -0.39 is 0 Å². The fourth-order valence-corrected chi connectivity index (χ4v) is 6.62. The van der Waals surface area contributed by atoms with Crippen LogP contribution in [0.25, 0.3) is 66.9 Å². The van der Waals surface area contributed by atoms with Gasteiger partial charge in [0.05, 0.1) is 11.4 Å². The van der Waals surface area contributed by atoms with Gasteiger partial charge in [0.2, 0.25) is 0 Å². The lowest BCUT2D eigenvalue weighted by atomic mass is 9.81. The average Bonchev–Trinajstić information content (AvgIpc) is 3.30. The van der Waals surface area contributed by atoms with E-state index in [9.17, 15) is 0 Å². The molecule has 8 rings (SSSR count). The molecule has 1 aliphatic carbocycles. The van der Waals surface area contributed by atoms with E-state index in [1.165, 1.54) is 44.2 Å². The van der Waals surface area contributed by atoms with E-state index >= 15 is 0 Å². The molecule has 0 fully saturated rings. The van der Waals surface area contributed by atoms with Crippen molar-refractivity contribution in [2.24, 2.45) is 0 Å². The molecule has 0 bridgehead atoms. The molecule has 0 aliphatic heterocycles.